The topological polar surface area (TPSA) is 97.7 Å². The average molecular weight is 402 g/mol. The van der Waals surface area contributed by atoms with Gasteiger partial charge >= 0.3 is 5.97 Å². The summed E-state index contributed by atoms with van der Waals surface area (Å²) in [5, 5.41) is 11.4. The summed E-state index contributed by atoms with van der Waals surface area (Å²) in [6, 6.07) is 0. The highest BCUT2D eigenvalue weighted by Crippen LogP contribution is 2.66. The first kappa shape index (κ1) is 20.5. The lowest BCUT2D eigenvalue weighted by Crippen LogP contribution is -2.61. The van der Waals surface area contributed by atoms with Gasteiger partial charge in [0.25, 0.3) is 0 Å². The van der Waals surface area contributed by atoms with Crippen LogP contribution in [0, 0.1) is 28.6 Å². The van der Waals surface area contributed by atoms with Crippen LogP contribution < -0.4 is 0 Å². The predicted octanol–water partition coefficient (Wildman–Crippen LogP) is 2.56. The summed E-state index contributed by atoms with van der Waals surface area (Å²) in [7, 11) is 0. The molecule has 1 N–H and O–H groups in total. The van der Waals surface area contributed by atoms with Crippen molar-refractivity contribution in [1.29, 1.82) is 0 Å². The van der Waals surface area contributed by atoms with Crippen molar-refractivity contribution in [2.24, 2.45) is 28.6 Å². The molecule has 0 spiro atoms. The molecule has 0 aliphatic heterocycles. The highest BCUT2D eigenvalue weighted by atomic mass is 16.5. The first-order chi connectivity index (χ1) is 13.5. The van der Waals surface area contributed by atoms with Gasteiger partial charge in [-0.1, -0.05) is 19.4 Å². The zero-order valence-corrected chi connectivity index (χ0v) is 17.5. The van der Waals surface area contributed by atoms with Crippen molar-refractivity contribution in [2.45, 2.75) is 71.3 Å². The number of allylic oxidation sites excluding steroid dienone is 1. The Hall–Kier alpha value is -1.82. The smallest absolute Gasteiger partial charge is 0.303 e. The van der Waals surface area contributed by atoms with E-state index in [1.807, 2.05) is 6.92 Å². The highest BCUT2D eigenvalue weighted by Gasteiger charge is 2.68. The first-order valence-corrected chi connectivity index (χ1v) is 10.7. The van der Waals surface area contributed by atoms with Crippen LogP contribution in [0.4, 0.5) is 0 Å². The largest absolute Gasteiger partial charge is 0.458 e. The number of carbonyl (C=O) groups is 4. The Balaban J connectivity index is 1.66. The van der Waals surface area contributed by atoms with Crippen molar-refractivity contribution in [3.05, 3.63) is 11.6 Å². The van der Waals surface area contributed by atoms with Crippen LogP contribution >= 0.6 is 0 Å². The Morgan fingerprint density at radius 2 is 1.90 bits per heavy atom. The van der Waals surface area contributed by atoms with Gasteiger partial charge in [0, 0.05) is 31.1 Å². The third-order valence-electron chi connectivity index (χ3n) is 8.67. The molecule has 4 aliphatic carbocycles. The van der Waals surface area contributed by atoms with E-state index >= 15 is 0 Å². The van der Waals surface area contributed by atoms with Gasteiger partial charge in [0.15, 0.2) is 12.4 Å². The minimum absolute atomic E-state index is 0.0625. The van der Waals surface area contributed by atoms with Crippen molar-refractivity contribution >= 4 is 23.3 Å². The molecule has 6 atom stereocenters. The van der Waals surface area contributed by atoms with Gasteiger partial charge in [-0.3, -0.25) is 19.2 Å². The van der Waals surface area contributed by atoms with Gasteiger partial charge in [0.2, 0.25) is 5.78 Å². The first-order valence-electron chi connectivity index (χ1n) is 10.7. The van der Waals surface area contributed by atoms with Crippen LogP contribution in [0.3, 0.4) is 0 Å². The summed E-state index contributed by atoms with van der Waals surface area (Å²) in [5.74, 6) is -0.811. The fourth-order valence-electron chi connectivity index (χ4n) is 7.13. The van der Waals surface area contributed by atoms with Crippen LogP contribution in [0.5, 0.6) is 0 Å². The van der Waals surface area contributed by atoms with Gasteiger partial charge in [-0.2, -0.15) is 0 Å². The molecule has 0 unspecified atom stereocenters. The van der Waals surface area contributed by atoms with E-state index in [9.17, 15) is 24.3 Å². The van der Waals surface area contributed by atoms with Gasteiger partial charge in [-0.15, -0.1) is 0 Å². The monoisotopic (exact) mass is 402 g/mol. The molecular weight excluding hydrogens is 372 g/mol. The Morgan fingerprint density at radius 3 is 2.59 bits per heavy atom. The normalized spacial score (nSPS) is 43.7. The maximum Gasteiger partial charge on any atom is 0.303 e. The number of fused-ring (bicyclic) bond motifs is 5. The van der Waals surface area contributed by atoms with E-state index in [0.717, 1.165) is 18.4 Å². The molecule has 158 valence electrons. The third-order valence-corrected chi connectivity index (χ3v) is 8.67. The molecule has 0 aromatic heterocycles. The lowest BCUT2D eigenvalue weighted by atomic mass is 9.46. The molecule has 0 radical (unpaired) electrons. The fourth-order valence-corrected chi connectivity index (χ4v) is 7.13. The Labute approximate surface area is 171 Å². The van der Waals surface area contributed by atoms with E-state index in [2.05, 4.69) is 6.92 Å². The van der Waals surface area contributed by atoms with Gasteiger partial charge < -0.3 is 9.84 Å². The maximum atomic E-state index is 13.5. The second kappa shape index (κ2) is 6.59. The number of ketones is 3. The van der Waals surface area contributed by atoms with E-state index < -0.39 is 29.4 Å². The van der Waals surface area contributed by atoms with E-state index in [1.54, 1.807) is 6.08 Å². The van der Waals surface area contributed by atoms with Crippen molar-refractivity contribution in [3.63, 3.8) is 0 Å². The molecular formula is C23H30O6. The van der Waals surface area contributed by atoms with Gasteiger partial charge in [-0.25, -0.2) is 0 Å². The van der Waals surface area contributed by atoms with Crippen LogP contribution in [-0.2, 0) is 23.9 Å². The molecule has 6 heteroatoms. The number of Topliss-reactive ketones (excluding diaryl/α,β-unsaturated/α-hetero) is 2. The number of carbonyl (C=O) groups excluding carboxylic acids is 4. The second-order valence-electron chi connectivity index (χ2n) is 10.0. The maximum absolute atomic E-state index is 13.5. The molecule has 0 saturated heterocycles. The molecule has 6 nitrogen and oxygen atoms in total. The summed E-state index contributed by atoms with van der Waals surface area (Å²) in [6.45, 7) is 4.76. The van der Waals surface area contributed by atoms with Crippen molar-refractivity contribution in [1.82, 2.24) is 0 Å². The quantitative estimate of drug-likeness (QED) is 0.729. The molecule has 0 amide bonds. The average Bonchev–Trinajstić information content (AvgIpc) is 2.91. The van der Waals surface area contributed by atoms with Gasteiger partial charge in [-0.05, 0) is 55.4 Å². The number of esters is 1. The van der Waals surface area contributed by atoms with Gasteiger partial charge in [0.05, 0.1) is 0 Å². The minimum Gasteiger partial charge on any atom is -0.458 e. The second-order valence-corrected chi connectivity index (χ2v) is 10.0. The zero-order valence-electron chi connectivity index (χ0n) is 17.5. The van der Waals surface area contributed by atoms with Crippen LogP contribution in [-0.4, -0.2) is 40.6 Å². The van der Waals surface area contributed by atoms with Crippen LogP contribution in [0.15, 0.2) is 11.6 Å². The van der Waals surface area contributed by atoms with E-state index in [-0.39, 0.29) is 41.2 Å². The molecule has 4 rings (SSSR count). The van der Waals surface area contributed by atoms with Crippen LogP contribution in [0.1, 0.15) is 65.7 Å². The molecule has 0 aromatic carbocycles. The number of hydrogen-bond donors (Lipinski definition) is 1. The molecule has 4 aliphatic rings. The van der Waals surface area contributed by atoms with E-state index in [4.69, 9.17) is 4.74 Å². The lowest BCUT2D eigenvalue weighted by molar-refractivity contribution is -0.173. The van der Waals surface area contributed by atoms with Crippen molar-refractivity contribution < 1.29 is 29.0 Å². The third kappa shape index (κ3) is 2.78. The Kier molecular flexibility index (Phi) is 4.65. The number of hydrogen-bond acceptors (Lipinski definition) is 6. The van der Waals surface area contributed by atoms with Crippen LogP contribution in [0.2, 0.25) is 0 Å². The van der Waals surface area contributed by atoms with Crippen molar-refractivity contribution in [3.8, 4) is 0 Å². The molecule has 0 aromatic rings. The summed E-state index contributed by atoms with van der Waals surface area (Å²) < 4.78 is 4.86. The predicted molar refractivity (Wildman–Crippen MR) is 104 cm³/mol. The van der Waals surface area contributed by atoms with Gasteiger partial charge in [0.1, 0.15) is 11.4 Å². The highest BCUT2D eigenvalue weighted by molar-refractivity contribution is 5.95. The molecule has 3 fully saturated rings. The van der Waals surface area contributed by atoms with E-state index in [1.165, 1.54) is 6.92 Å². The molecule has 0 heterocycles. The summed E-state index contributed by atoms with van der Waals surface area (Å²) in [5.41, 5.74) is -1.68. The standard InChI is InChI=1S/C23H30O6/c1-13(24)29-12-19(27)23(28)9-7-17-16-5-4-14-10-15(25)6-8-21(14,2)20(16)18(26)11-22(17,23)3/h10,16-17,20,28H,4-9,11-12H2,1-3H3/t16-,17+,20-,21-,22-,23-/m0/s1. The van der Waals surface area contributed by atoms with Crippen LogP contribution in [0.25, 0.3) is 0 Å². The zero-order chi connectivity index (χ0) is 21.2. The fraction of sp³-hybridized carbons (Fsp3) is 0.739. The summed E-state index contributed by atoms with van der Waals surface area (Å²) in [6.07, 6.45) is 5.66. The number of rotatable bonds is 3. The lowest BCUT2D eigenvalue weighted by Gasteiger charge is -2.57. The summed E-state index contributed by atoms with van der Waals surface area (Å²) in [4.78, 5) is 49.4. The summed E-state index contributed by atoms with van der Waals surface area (Å²) >= 11 is 0. The molecule has 29 heavy (non-hydrogen) atoms. The molecule has 3 saturated carbocycles. The Bertz CT molecular complexity index is 827. The number of ether oxygens (including phenoxy) is 1. The molecule has 0 bridgehead atoms. The minimum atomic E-state index is -1.65. The van der Waals surface area contributed by atoms with Crippen molar-refractivity contribution in [2.75, 3.05) is 6.61 Å². The number of aliphatic hydroxyl groups is 1. The Morgan fingerprint density at radius 1 is 1.17 bits per heavy atom. The van der Waals surface area contributed by atoms with E-state index in [0.29, 0.717) is 25.7 Å². The SMILES string of the molecule is CC(=O)OCC(=O)[C@@]1(O)CC[C@@H]2[C@@H]3CCC4=CC(=O)CC[C@]4(C)[C@@H]3C(=O)C[C@@]21C.